The number of para-hydroxylation sites is 1. The van der Waals surface area contributed by atoms with E-state index in [-0.39, 0.29) is 24.1 Å². The number of amides is 1. The quantitative estimate of drug-likeness (QED) is 0.727. The fourth-order valence-corrected chi connectivity index (χ4v) is 3.38. The molecule has 0 bridgehead atoms. The van der Waals surface area contributed by atoms with Gasteiger partial charge in [-0.05, 0) is 18.2 Å². The molecule has 1 atom stereocenters. The Balaban J connectivity index is 1.34. The molecule has 3 aromatic rings. The highest BCUT2D eigenvalue weighted by Crippen LogP contribution is 2.16. The molecule has 1 saturated heterocycles. The Morgan fingerprint density at radius 2 is 1.93 bits per heavy atom. The number of fused-ring (bicyclic) bond motifs is 1. The van der Waals surface area contributed by atoms with Crippen molar-refractivity contribution in [2.75, 3.05) is 31.1 Å². The van der Waals surface area contributed by atoms with Crippen LogP contribution in [0.15, 0.2) is 65.6 Å². The molecule has 2 heterocycles. The summed E-state index contributed by atoms with van der Waals surface area (Å²) in [6.45, 7) is 2.42. The van der Waals surface area contributed by atoms with Crippen LogP contribution in [-0.2, 0) is 16.1 Å². The summed E-state index contributed by atoms with van der Waals surface area (Å²) in [7, 11) is 0. The van der Waals surface area contributed by atoms with Crippen molar-refractivity contribution < 1.29 is 9.53 Å². The molecule has 1 aliphatic rings. The maximum Gasteiger partial charge on any atom is 0.275 e. The van der Waals surface area contributed by atoms with Crippen molar-refractivity contribution in [3.05, 3.63) is 71.1 Å². The molecular weight excluding hydrogens is 356 g/mol. The van der Waals surface area contributed by atoms with E-state index in [9.17, 15) is 9.59 Å². The molecule has 1 aromatic heterocycles. The van der Waals surface area contributed by atoms with Gasteiger partial charge in [0.25, 0.3) is 5.56 Å². The number of rotatable bonds is 5. The minimum absolute atomic E-state index is 0.0980. The molecule has 0 radical (unpaired) electrons. The van der Waals surface area contributed by atoms with Crippen molar-refractivity contribution in [1.82, 2.24) is 15.1 Å². The zero-order chi connectivity index (χ0) is 19.3. The molecule has 2 aromatic carbocycles. The van der Waals surface area contributed by atoms with Gasteiger partial charge in [0.15, 0.2) is 0 Å². The van der Waals surface area contributed by atoms with Gasteiger partial charge in [0.2, 0.25) is 5.91 Å². The van der Waals surface area contributed by atoms with E-state index in [2.05, 4.69) is 27.4 Å². The highest BCUT2D eigenvalue weighted by molar-refractivity contribution is 5.81. The number of morpholine rings is 1. The normalized spacial score (nSPS) is 16.9. The predicted molar refractivity (Wildman–Crippen MR) is 107 cm³/mol. The maximum atomic E-state index is 12.5. The predicted octanol–water partition coefficient (Wildman–Crippen LogP) is 1.42. The Hall–Kier alpha value is -3.19. The number of carbonyl (C=O) groups excluding carboxylic acids is 1. The zero-order valence-electron chi connectivity index (χ0n) is 15.5. The largest absolute Gasteiger partial charge is 0.373 e. The first-order valence-electron chi connectivity index (χ1n) is 9.34. The van der Waals surface area contributed by atoms with Gasteiger partial charge >= 0.3 is 0 Å². The second-order valence-electron chi connectivity index (χ2n) is 6.77. The Morgan fingerprint density at radius 3 is 2.79 bits per heavy atom. The van der Waals surface area contributed by atoms with Crippen LogP contribution in [0.5, 0.6) is 0 Å². The number of nitrogens with zero attached hydrogens (tertiary/aromatic N) is 3. The summed E-state index contributed by atoms with van der Waals surface area (Å²) < 4.78 is 6.96. The summed E-state index contributed by atoms with van der Waals surface area (Å²) in [5.41, 5.74) is 0.881. The molecular formula is C21H22N4O3. The molecule has 28 heavy (non-hydrogen) atoms. The Morgan fingerprint density at radius 1 is 1.14 bits per heavy atom. The van der Waals surface area contributed by atoms with Gasteiger partial charge < -0.3 is 15.0 Å². The van der Waals surface area contributed by atoms with Crippen LogP contribution in [0.4, 0.5) is 5.69 Å². The lowest BCUT2D eigenvalue weighted by molar-refractivity contribution is -0.122. The third-order valence-corrected chi connectivity index (χ3v) is 4.84. The number of aromatic nitrogens is 2. The molecule has 1 N–H and O–H groups in total. The second kappa shape index (κ2) is 8.22. The van der Waals surface area contributed by atoms with Crippen molar-refractivity contribution in [1.29, 1.82) is 0 Å². The van der Waals surface area contributed by atoms with Gasteiger partial charge in [-0.1, -0.05) is 36.4 Å². The number of ether oxygens (including phenoxy) is 1. The van der Waals surface area contributed by atoms with E-state index < -0.39 is 0 Å². The summed E-state index contributed by atoms with van der Waals surface area (Å²) in [6.07, 6.45) is 1.51. The fourth-order valence-electron chi connectivity index (χ4n) is 3.38. The average Bonchev–Trinajstić information content (AvgIpc) is 2.75. The van der Waals surface area contributed by atoms with E-state index in [1.54, 1.807) is 18.3 Å². The lowest BCUT2D eigenvalue weighted by atomic mass is 10.2. The first kappa shape index (κ1) is 18.2. The van der Waals surface area contributed by atoms with E-state index in [0.29, 0.717) is 25.1 Å². The minimum Gasteiger partial charge on any atom is -0.373 e. The average molecular weight is 378 g/mol. The van der Waals surface area contributed by atoms with Crippen molar-refractivity contribution in [3.8, 4) is 0 Å². The van der Waals surface area contributed by atoms with E-state index in [4.69, 9.17) is 4.74 Å². The monoisotopic (exact) mass is 378 g/mol. The lowest BCUT2D eigenvalue weighted by Gasteiger charge is -2.34. The number of carbonyl (C=O) groups is 1. The molecule has 4 rings (SSSR count). The summed E-state index contributed by atoms with van der Waals surface area (Å²) in [6, 6.07) is 17.4. The van der Waals surface area contributed by atoms with Crippen molar-refractivity contribution in [2.24, 2.45) is 0 Å². The van der Waals surface area contributed by atoms with Crippen LogP contribution >= 0.6 is 0 Å². The van der Waals surface area contributed by atoms with Crippen LogP contribution in [0.2, 0.25) is 0 Å². The van der Waals surface area contributed by atoms with Crippen LogP contribution in [0.25, 0.3) is 10.8 Å². The lowest BCUT2D eigenvalue weighted by Crippen LogP contribution is -2.48. The molecule has 144 valence electrons. The second-order valence-corrected chi connectivity index (χ2v) is 6.77. The number of hydrogen-bond acceptors (Lipinski definition) is 5. The molecule has 7 nitrogen and oxygen atoms in total. The summed E-state index contributed by atoms with van der Waals surface area (Å²) in [5, 5.41) is 8.27. The number of nitrogens with one attached hydrogen (secondary N) is 1. The third-order valence-electron chi connectivity index (χ3n) is 4.84. The van der Waals surface area contributed by atoms with Gasteiger partial charge in [0.1, 0.15) is 6.54 Å². The molecule has 0 saturated carbocycles. The number of benzene rings is 2. The third kappa shape index (κ3) is 4.04. The van der Waals surface area contributed by atoms with Crippen molar-refractivity contribution in [2.45, 2.75) is 12.6 Å². The minimum atomic E-state index is -0.266. The summed E-state index contributed by atoms with van der Waals surface area (Å²) >= 11 is 0. The highest BCUT2D eigenvalue weighted by atomic mass is 16.5. The standard InChI is InChI=1S/C21H22N4O3/c26-20(15-25-21(27)19-9-5-4-6-16(19)12-23-25)22-13-18-14-24(10-11-28-18)17-7-2-1-3-8-17/h1-9,12,18H,10-11,13-15H2,(H,22,26). The summed E-state index contributed by atoms with van der Waals surface area (Å²) in [4.78, 5) is 27.0. The smallest absolute Gasteiger partial charge is 0.275 e. The zero-order valence-corrected chi connectivity index (χ0v) is 15.5. The van der Waals surface area contributed by atoms with Gasteiger partial charge in [0, 0.05) is 30.7 Å². The topological polar surface area (TPSA) is 76.5 Å². The Labute approximate surface area is 162 Å². The van der Waals surface area contributed by atoms with Gasteiger partial charge in [-0.3, -0.25) is 9.59 Å². The van der Waals surface area contributed by atoms with Crippen LogP contribution < -0.4 is 15.8 Å². The fraction of sp³-hybridized carbons (Fsp3) is 0.286. The Kier molecular flexibility index (Phi) is 5.34. The van der Waals surface area contributed by atoms with Gasteiger partial charge in [0.05, 0.1) is 24.3 Å². The molecule has 1 aliphatic heterocycles. The first-order chi connectivity index (χ1) is 13.7. The van der Waals surface area contributed by atoms with E-state index in [1.807, 2.05) is 30.3 Å². The number of anilines is 1. The highest BCUT2D eigenvalue weighted by Gasteiger charge is 2.21. The van der Waals surface area contributed by atoms with Crippen LogP contribution in [-0.4, -0.2) is 48.0 Å². The Bertz CT molecular complexity index is 1020. The van der Waals surface area contributed by atoms with Gasteiger partial charge in [-0.25, -0.2) is 4.68 Å². The maximum absolute atomic E-state index is 12.5. The van der Waals surface area contributed by atoms with Gasteiger partial charge in [-0.15, -0.1) is 0 Å². The van der Waals surface area contributed by atoms with E-state index >= 15 is 0 Å². The molecule has 1 amide bonds. The summed E-state index contributed by atoms with van der Waals surface area (Å²) in [5.74, 6) is -0.259. The molecule has 0 aliphatic carbocycles. The van der Waals surface area contributed by atoms with Crippen LogP contribution in [0, 0.1) is 0 Å². The molecule has 0 spiro atoms. The molecule has 1 unspecified atom stereocenters. The SMILES string of the molecule is O=C(Cn1ncc2ccccc2c1=O)NCC1CN(c2ccccc2)CCO1. The van der Waals surface area contributed by atoms with Crippen LogP contribution in [0.3, 0.4) is 0 Å². The van der Waals surface area contributed by atoms with Crippen molar-refractivity contribution >= 4 is 22.4 Å². The van der Waals surface area contributed by atoms with Gasteiger partial charge in [-0.2, -0.15) is 5.10 Å². The molecule has 7 heteroatoms. The first-order valence-corrected chi connectivity index (χ1v) is 9.34. The van der Waals surface area contributed by atoms with Crippen molar-refractivity contribution in [3.63, 3.8) is 0 Å². The van der Waals surface area contributed by atoms with E-state index in [1.165, 1.54) is 4.68 Å². The molecule has 1 fully saturated rings. The van der Waals surface area contributed by atoms with Crippen LogP contribution in [0.1, 0.15) is 0 Å². The van der Waals surface area contributed by atoms with E-state index in [0.717, 1.165) is 17.6 Å². The number of hydrogen-bond donors (Lipinski definition) is 1.